The van der Waals surface area contributed by atoms with Crippen molar-refractivity contribution in [1.29, 1.82) is 0 Å². The first-order valence-electron chi connectivity index (χ1n) is 11.7. The molecular formula is C25H25F3N4O3S. The van der Waals surface area contributed by atoms with E-state index >= 15 is 0 Å². The summed E-state index contributed by atoms with van der Waals surface area (Å²) in [4.78, 5) is 25.0. The highest BCUT2D eigenvalue weighted by Crippen LogP contribution is 2.61. The van der Waals surface area contributed by atoms with Crippen molar-refractivity contribution in [2.24, 2.45) is 11.3 Å². The predicted molar refractivity (Wildman–Crippen MR) is 128 cm³/mol. The molecule has 3 aromatic rings. The Labute approximate surface area is 209 Å². The molecule has 0 aromatic carbocycles. The fourth-order valence-electron chi connectivity index (χ4n) is 5.44. The summed E-state index contributed by atoms with van der Waals surface area (Å²) < 4.78 is 39.1. The van der Waals surface area contributed by atoms with Gasteiger partial charge in [0.25, 0.3) is 0 Å². The van der Waals surface area contributed by atoms with Crippen molar-refractivity contribution in [1.82, 2.24) is 15.0 Å². The van der Waals surface area contributed by atoms with Crippen LogP contribution in [-0.2, 0) is 16.6 Å². The third-order valence-electron chi connectivity index (χ3n) is 7.20. The number of alkyl halides is 3. The van der Waals surface area contributed by atoms with Crippen LogP contribution in [0.15, 0.2) is 36.7 Å². The molecule has 2 aliphatic carbocycles. The van der Waals surface area contributed by atoms with Crippen molar-refractivity contribution >= 4 is 28.9 Å². The van der Waals surface area contributed by atoms with Crippen molar-refractivity contribution < 1.29 is 28.2 Å². The van der Waals surface area contributed by atoms with Gasteiger partial charge in [-0.05, 0) is 80.7 Å². The lowest BCUT2D eigenvalue weighted by atomic mass is 9.52. The molecule has 0 amide bonds. The molecule has 2 saturated carbocycles. The molecule has 3 heterocycles. The van der Waals surface area contributed by atoms with Crippen LogP contribution in [0.2, 0.25) is 0 Å². The van der Waals surface area contributed by atoms with E-state index in [1.165, 1.54) is 11.3 Å². The predicted octanol–water partition coefficient (Wildman–Crippen LogP) is 5.91. The summed E-state index contributed by atoms with van der Waals surface area (Å²) in [6.45, 7) is 1.86. The highest BCUT2D eigenvalue weighted by Gasteiger charge is 2.57. The van der Waals surface area contributed by atoms with E-state index in [4.69, 9.17) is 0 Å². The average Bonchev–Trinajstić information content (AvgIpc) is 3.29. The van der Waals surface area contributed by atoms with Crippen molar-refractivity contribution in [3.05, 3.63) is 52.8 Å². The van der Waals surface area contributed by atoms with Gasteiger partial charge in [0.15, 0.2) is 0 Å². The van der Waals surface area contributed by atoms with Gasteiger partial charge in [-0.15, -0.1) is 11.3 Å². The van der Waals surface area contributed by atoms with Crippen LogP contribution in [0.3, 0.4) is 0 Å². The van der Waals surface area contributed by atoms with Crippen LogP contribution < -0.4 is 5.32 Å². The number of rotatable bonds is 5. The number of aliphatic hydroxyl groups is 1. The molecule has 0 atom stereocenters. The Hall–Kier alpha value is -3.05. The number of carboxylic acids is 1. The molecule has 5 rings (SSSR count). The van der Waals surface area contributed by atoms with Gasteiger partial charge in [0.2, 0.25) is 0 Å². The summed E-state index contributed by atoms with van der Waals surface area (Å²) >= 11 is 1.34. The number of nitrogens with zero attached hydrogens (tertiary/aromatic N) is 3. The smallest absolute Gasteiger partial charge is 0.416 e. The number of aryl methyl sites for hydroxylation is 1. The van der Waals surface area contributed by atoms with E-state index in [0.29, 0.717) is 42.2 Å². The van der Waals surface area contributed by atoms with Crippen LogP contribution >= 0.6 is 11.3 Å². The first kappa shape index (κ1) is 24.6. The maximum atomic E-state index is 13.0. The average molecular weight is 519 g/mol. The summed E-state index contributed by atoms with van der Waals surface area (Å²) in [5.41, 5.74) is -0.425. The van der Waals surface area contributed by atoms with E-state index < -0.39 is 23.3 Å². The molecule has 2 fully saturated rings. The van der Waals surface area contributed by atoms with E-state index in [2.05, 4.69) is 20.3 Å². The van der Waals surface area contributed by atoms with Crippen molar-refractivity contribution in [2.75, 3.05) is 5.32 Å². The lowest BCUT2D eigenvalue weighted by Gasteiger charge is -2.55. The molecule has 0 bridgehead atoms. The summed E-state index contributed by atoms with van der Waals surface area (Å²) in [7, 11) is 0. The van der Waals surface area contributed by atoms with Gasteiger partial charge in [0.1, 0.15) is 22.2 Å². The Morgan fingerprint density at radius 3 is 2.53 bits per heavy atom. The van der Waals surface area contributed by atoms with Crippen LogP contribution in [0.25, 0.3) is 10.6 Å². The fraction of sp³-hybridized carbons (Fsp3) is 0.440. The molecule has 11 heteroatoms. The number of thiazole rings is 1. The first-order chi connectivity index (χ1) is 16.9. The Morgan fingerprint density at radius 2 is 1.86 bits per heavy atom. The number of hydrogen-bond acceptors (Lipinski definition) is 7. The number of aromatic nitrogens is 3. The van der Waals surface area contributed by atoms with E-state index in [1.807, 2.05) is 13.0 Å². The minimum absolute atomic E-state index is 0.0246. The lowest BCUT2D eigenvalue weighted by molar-refractivity contribution is -0.161. The molecule has 3 N–H and O–H groups in total. The van der Waals surface area contributed by atoms with E-state index in [-0.39, 0.29) is 17.2 Å². The monoisotopic (exact) mass is 518 g/mol. The zero-order chi connectivity index (χ0) is 25.7. The van der Waals surface area contributed by atoms with Gasteiger partial charge in [-0.2, -0.15) is 13.2 Å². The van der Waals surface area contributed by atoms with E-state index in [1.54, 1.807) is 12.3 Å². The highest BCUT2D eigenvalue weighted by molar-refractivity contribution is 7.15. The molecule has 0 unspecified atom stereocenters. The van der Waals surface area contributed by atoms with Gasteiger partial charge in [-0.25, -0.2) is 15.0 Å². The summed E-state index contributed by atoms with van der Waals surface area (Å²) in [5.74, 6) is -0.654. The molecule has 36 heavy (non-hydrogen) atoms. The van der Waals surface area contributed by atoms with Gasteiger partial charge >= 0.3 is 12.1 Å². The largest absolute Gasteiger partial charge is 0.481 e. The molecule has 3 aromatic heterocycles. The number of pyridine rings is 2. The molecule has 0 radical (unpaired) electrons. The van der Waals surface area contributed by atoms with Crippen LogP contribution in [0.1, 0.15) is 54.7 Å². The molecule has 190 valence electrons. The topological polar surface area (TPSA) is 108 Å². The number of nitrogens with one attached hydrogen (secondary N) is 1. The summed E-state index contributed by atoms with van der Waals surface area (Å²) in [6, 6.07) is 5.40. The zero-order valence-electron chi connectivity index (χ0n) is 19.5. The second-order valence-electron chi connectivity index (χ2n) is 9.99. The number of carbonyl (C=O) groups is 1. The van der Waals surface area contributed by atoms with Gasteiger partial charge in [-0.3, -0.25) is 4.79 Å². The van der Waals surface area contributed by atoms with Crippen LogP contribution in [0.4, 0.5) is 24.8 Å². The van der Waals surface area contributed by atoms with Crippen molar-refractivity contribution in [3.63, 3.8) is 0 Å². The molecule has 0 aliphatic heterocycles. The molecule has 2 aliphatic rings. The summed E-state index contributed by atoms with van der Waals surface area (Å²) in [6.07, 6.45) is 2.26. The zero-order valence-corrected chi connectivity index (χ0v) is 20.3. The van der Waals surface area contributed by atoms with Crippen LogP contribution in [0, 0.1) is 18.3 Å². The van der Waals surface area contributed by atoms with E-state index in [0.717, 1.165) is 41.6 Å². The number of halogens is 3. The van der Waals surface area contributed by atoms with Gasteiger partial charge in [-0.1, -0.05) is 0 Å². The number of aliphatic carboxylic acids is 1. The Bertz CT molecular complexity index is 1290. The van der Waals surface area contributed by atoms with Gasteiger partial charge in [0, 0.05) is 12.4 Å². The standard InChI is InChI=1S/C25H25F3N4O3S/c1-14-8-17(31-20(9-14)32-19-10-16(4-7-29-19)25(26,27)28)18-11-30-22(36-18)24(35)12-23(13-24)5-2-15(3-6-23)21(33)34/h4,7-11,15,35H,2-3,5-6,12-13H2,1H3,(H,33,34)(H,29,31,32)/t15-,23?,24-. The second-order valence-corrected chi connectivity index (χ2v) is 11.0. The van der Waals surface area contributed by atoms with Crippen LogP contribution in [-0.4, -0.2) is 31.1 Å². The van der Waals surface area contributed by atoms with Gasteiger partial charge < -0.3 is 15.5 Å². The minimum Gasteiger partial charge on any atom is -0.481 e. The summed E-state index contributed by atoms with van der Waals surface area (Å²) in [5, 5.41) is 23.9. The van der Waals surface area contributed by atoms with E-state index in [9.17, 15) is 28.2 Å². The van der Waals surface area contributed by atoms with Gasteiger partial charge in [0.05, 0.1) is 22.1 Å². The maximum Gasteiger partial charge on any atom is 0.416 e. The third-order valence-corrected chi connectivity index (χ3v) is 8.41. The molecule has 1 spiro atoms. The normalized spacial score (nSPS) is 26.0. The molecule has 0 saturated heterocycles. The fourth-order valence-corrected chi connectivity index (χ4v) is 6.41. The number of carboxylic acid groups (broad SMARTS) is 1. The van der Waals surface area contributed by atoms with Crippen molar-refractivity contribution in [3.8, 4) is 10.6 Å². The van der Waals surface area contributed by atoms with Crippen molar-refractivity contribution in [2.45, 2.75) is 57.2 Å². The first-order valence-corrected chi connectivity index (χ1v) is 12.5. The Morgan fingerprint density at radius 1 is 1.14 bits per heavy atom. The third kappa shape index (κ3) is 4.81. The quantitative estimate of drug-likeness (QED) is 0.385. The Kier molecular flexibility index (Phi) is 6.03. The Balaban J connectivity index is 1.31. The maximum absolute atomic E-state index is 13.0. The second kappa shape index (κ2) is 8.81. The lowest BCUT2D eigenvalue weighted by Crippen LogP contribution is -2.51. The SMILES string of the molecule is Cc1cc(Nc2cc(C(F)(F)F)ccn2)nc(-c2cnc([C@]3(O)CC4(CC[C@@H](C(=O)O)CC4)C3)s2)c1. The number of anilines is 2. The minimum atomic E-state index is -4.47. The van der Waals surface area contributed by atoms with Crippen LogP contribution in [0.5, 0.6) is 0 Å². The molecular weight excluding hydrogens is 493 g/mol. The molecule has 7 nitrogen and oxygen atoms in total. The number of hydrogen-bond donors (Lipinski definition) is 3. The highest BCUT2D eigenvalue weighted by atomic mass is 32.1.